The molecule has 3 rings (SSSR count). The van der Waals surface area contributed by atoms with Crippen molar-refractivity contribution < 1.29 is 9.47 Å². The van der Waals surface area contributed by atoms with Crippen LogP contribution in [0.3, 0.4) is 0 Å². The quantitative estimate of drug-likeness (QED) is 0.803. The van der Waals surface area contributed by atoms with Crippen LogP contribution in [-0.4, -0.2) is 23.6 Å². The van der Waals surface area contributed by atoms with E-state index in [4.69, 9.17) is 15.2 Å². The molecule has 3 aromatic rings. The summed E-state index contributed by atoms with van der Waals surface area (Å²) >= 11 is 0. The first-order valence-corrected chi connectivity index (χ1v) is 6.60. The Balaban J connectivity index is 2.22. The van der Waals surface area contributed by atoms with E-state index < -0.39 is 0 Å². The maximum absolute atomic E-state index is 6.24. The van der Waals surface area contributed by atoms with Gasteiger partial charge in [-0.1, -0.05) is 6.07 Å². The summed E-state index contributed by atoms with van der Waals surface area (Å²) in [4.78, 5) is 4.60. The number of fused-ring (bicyclic) bond motifs is 1. The van der Waals surface area contributed by atoms with Crippen molar-refractivity contribution in [3.8, 4) is 22.8 Å². The Morgan fingerprint density at radius 1 is 1.05 bits per heavy atom. The van der Waals surface area contributed by atoms with E-state index >= 15 is 0 Å². The number of imidazole rings is 1. The molecule has 108 valence electrons. The Morgan fingerprint density at radius 2 is 1.71 bits per heavy atom. The molecule has 0 aliphatic rings. The molecule has 0 saturated carbocycles. The van der Waals surface area contributed by atoms with E-state index in [1.54, 1.807) is 14.2 Å². The van der Waals surface area contributed by atoms with Gasteiger partial charge in [-0.25, -0.2) is 4.98 Å². The zero-order chi connectivity index (χ0) is 15.0. The SMILES string of the molecule is COc1cc(OC)cc(-c2nc3ccc(C)cn3c2N)c1. The number of pyridine rings is 1. The predicted molar refractivity (Wildman–Crippen MR) is 82.9 cm³/mol. The van der Waals surface area contributed by atoms with Crippen molar-refractivity contribution in [3.63, 3.8) is 0 Å². The van der Waals surface area contributed by atoms with Crippen LogP contribution in [0.15, 0.2) is 36.5 Å². The minimum absolute atomic E-state index is 0.601. The van der Waals surface area contributed by atoms with Crippen LogP contribution in [-0.2, 0) is 0 Å². The summed E-state index contributed by atoms with van der Waals surface area (Å²) in [5.74, 6) is 2.01. The van der Waals surface area contributed by atoms with Crippen molar-refractivity contribution >= 4 is 11.5 Å². The number of aryl methyl sites for hydroxylation is 1. The first-order chi connectivity index (χ1) is 10.1. The lowest BCUT2D eigenvalue weighted by Gasteiger charge is -2.07. The van der Waals surface area contributed by atoms with Gasteiger partial charge >= 0.3 is 0 Å². The van der Waals surface area contributed by atoms with Gasteiger partial charge in [0.1, 0.15) is 28.7 Å². The van der Waals surface area contributed by atoms with Crippen LogP contribution in [0.5, 0.6) is 11.5 Å². The van der Waals surface area contributed by atoms with Crippen LogP contribution < -0.4 is 15.2 Å². The Morgan fingerprint density at radius 3 is 2.33 bits per heavy atom. The highest BCUT2D eigenvalue weighted by molar-refractivity contribution is 5.76. The maximum Gasteiger partial charge on any atom is 0.139 e. The van der Waals surface area contributed by atoms with Gasteiger partial charge in [0.25, 0.3) is 0 Å². The maximum atomic E-state index is 6.24. The number of rotatable bonds is 3. The third kappa shape index (κ3) is 2.27. The number of aromatic nitrogens is 2. The van der Waals surface area contributed by atoms with Crippen molar-refractivity contribution in [3.05, 3.63) is 42.1 Å². The lowest BCUT2D eigenvalue weighted by molar-refractivity contribution is 0.394. The molecule has 1 aromatic carbocycles. The van der Waals surface area contributed by atoms with E-state index in [2.05, 4.69) is 4.98 Å². The average molecular weight is 283 g/mol. The van der Waals surface area contributed by atoms with E-state index in [0.717, 1.165) is 22.5 Å². The normalized spacial score (nSPS) is 10.8. The molecular formula is C16H17N3O2. The van der Waals surface area contributed by atoms with E-state index in [0.29, 0.717) is 17.3 Å². The van der Waals surface area contributed by atoms with Gasteiger partial charge in [0, 0.05) is 17.8 Å². The third-order valence-corrected chi connectivity index (χ3v) is 3.43. The second-order valence-corrected chi connectivity index (χ2v) is 4.88. The van der Waals surface area contributed by atoms with Crippen molar-refractivity contribution in [2.24, 2.45) is 0 Å². The molecule has 5 heteroatoms. The summed E-state index contributed by atoms with van der Waals surface area (Å²) in [6.45, 7) is 2.02. The van der Waals surface area contributed by atoms with Gasteiger partial charge in [0.15, 0.2) is 0 Å². The molecule has 21 heavy (non-hydrogen) atoms. The molecule has 2 aromatic heterocycles. The first kappa shape index (κ1) is 13.3. The molecule has 2 N–H and O–H groups in total. The van der Waals surface area contributed by atoms with Gasteiger partial charge in [0.2, 0.25) is 0 Å². The van der Waals surface area contributed by atoms with E-state index in [1.807, 2.05) is 47.9 Å². The molecule has 0 amide bonds. The van der Waals surface area contributed by atoms with Crippen LogP contribution in [0.25, 0.3) is 16.9 Å². The standard InChI is InChI=1S/C16H17N3O2/c1-10-4-5-14-18-15(16(17)19(14)9-10)11-6-12(20-2)8-13(7-11)21-3/h4-9H,17H2,1-3H3. The topological polar surface area (TPSA) is 61.8 Å². The van der Waals surface area contributed by atoms with Gasteiger partial charge in [-0.3, -0.25) is 4.40 Å². The van der Waals surface area contributed by atoms with Crippen LogP contribution in [0.1, 0.15) is 5.56 Å². The molecule has 0 unspecified atom stereocenters. The number of nitrogen functional groups attached to an aromatic ring is 1. The van der Waals surface area contributed by atoms with Crippen LogP contribution in [0, 0.1) is 6.92 Å². The molecule has 0 fully saturated rings. The number of nitrogens with two attached hydrogens (primary N) is 1. The Kier molecular flexibility index (Phi) is 3.17. The van der Waals surface area contributed by atoms with Crippen molar-refractivity contribution in [1.82, 2.24) is 9.38 Å². The second-order valence-electron chi connectivity index (χ2n) is 4.88. The van der Waals surface area contributed by atoms with Gasteiger partial charge in [-0.15, -0.1) is 0 Å². The molecular weight excluding hydrogens is 266 g/mol. The van der Waals surface area contributed by atoms with Crippen molar-refractivity contribution in [2.45, 2.75) is 6.92 Å². The molecule has 0 radical (unpaired) electrons. The molecule has 0 aliphatic heterocycles. The van der Waals surface area contributed by atoms with Crippen LogP contribution in [0.4, 0.5) is 5.82 Å². The number of anilines is 1. The number of benzene rings is 1. The highest BCUT2D eigenvalue weighted by atomic mass is 16.5. The molecule has 0 atom stereocenters. The highest BCUT2D eigenvalue weighted by Gasteiger charge is 2.13. The molecule has 5 nitrogen and oxygen atoms in total. The molecule has 0 aliphatic carbocycles. The van der Waals surface area contributed by atoms with E-state index in [1.165, 1.54) is 0 Å². The van der Waals surface area contributed by atoms with E-state index in [9.17, 15) is 0 Å². The minimum Gasteiger partial charge on any atom is -0.497 e. The van der Waals surface area contributed by atoms with Gasteiger partial charge in [-0.05, 0) is 30.7 Å². The third-order valence-electron chi connectivity index (χ3n) is 3.43. The van der Waals surface area contributed by atoms with Gasteiger partial charge in [-0.2, -0.15) is 0 Å². The molecule has 0 spiro atoms. The second kappa shape index (κ2) is 5.01. The summed E-state index contributed by atoms with van der Waals surface area (Å²) in [5, 5.41) is 0. The Hall–Kier alpha value is -2.69. The minimum atomic E-state index is 0.601. The molecule has 0 bridgehead atoms. The number of hydrogen-bond acceptors (Lipinski definition) is 4. The number of nitrogens with zero attached hydrogens (tertiary/aromatic N) is 2. The largest absolute Gasteiger partial charge is 0.497 e. The van der Waals surface area contributed by atoms with Crippen LogP contribution >= 0.6 is 0 Å². The summed E-state index contributed by atoms with van der Waals surface area (Å²) in [6.07, 6.45) is 1.97. The zero-order valence-electron chi connectivity index (χ0n) is 12.3. The van der Waals surface area contributed by atoms with Crippen molar-refractivity contribution in [2.75, 3.05) is 20.0 Å². The number of methoxy groups -OCH3 is 2. The monoisotopic (exact) mass is 283 g/mol. The summed E-state index contributed by atoms with van der Waals surface area (Å²) < 4.78 is 12.5. The van der Waals surface area contributed by atoms with E-state index in [-0.39, 0.29) is 0 Å². The fourth-order valence-corrected chi connectivity index (χ4v) is 2.33. The van der Waals surface area contributed by atoms with Gasteiger partial charge in [0.05, 0.1) is 14.2 Å². The van der Waals surface area contributed by atoms with Crippen LogP contribution in [0.2, 0.25) is 0 Å². The van der Waals surface area contributed by atoms with Crippen molar-refractivity contribution in [1.29, 1.82) is 0 Å². The number of ether oxygens (including phenoxy) is 2. The summed E-state index contributed by atoms with van der Waals surface area (Å²) in [6, 6.07) is 9.57. The molecule has 0 saturated heterocycles. The Labute approximate surface area is 122 Å². The summed E-state index contributed by atoms with van der Waals surface area (Å²) in [7, 11) is 3.24. The average Bonchev–Trinajstić information content (AvgIpc) is 2.83. The lowest BCUT2D eigenvalue weighted by Crippen LogP contribution is -1.95. The predicted octanol–water partition coefficient (Wildman–Crippen LogP) is 2.91. The summed E-state index contributed by atoms with van der Waals surface area (Å²) in [5.41, 5.74) is 9.77. The molecule has 2 heterocycles. The number of hydrogen-bond donors (Lipinski definition) is 1. The fourth-order valence-electron chi connectivity index (χ4n) is 2.33. The fraction of sp³-hybridized carbons (Fsp3) is 0.188. The smallest absolute Gasteiger partial charge is 0.139 e. The lowest BCUT2D eigenvalue weighted by atomic mass is 10.1. The zero-order valence-corrected chi connectivity index (χ0v) is 12.3. The Bertz CT molecular complexity index is 786. The highest BCUT2D eigenvalue weighted by Crippen LogP contribution is 2.32. The van der Waals surface area contributed by atoms with Gasteiger partial charge < -0.3 is 15.2 Å². The first-order valence-electron chi connectivity index (χ1n) is 6.60.